The Balaban J connectivity index is 1.22. The Morgan fingerprint density at radius 2 is 1.71 bits per heavy atom. The average Bonchev–Trinajstić information content (AvgIpc) is 3.76. The number of ether oxygens (including phenoxy) is 1. The number of hydrogen-bond acceptors (Lipinski definition) is 8. The van der Waals surface area contributed by atoms with Crippen LogP contribution < -0.4 is 14.5 Å². The molecular formula is C33H26ClN3O6S2. The molecule has 1 N–H and O–H groups in total. The number of aryl methyl sites for hydroxylation is 1. The summed E-state index contributed by atoms with van der Waals surface area (Å²) in [7, 11) is 0. The second-order valence-corrected chi connectivity index (χ2v) is 14.8. The minimum atomic E-state index is -0.504. The zero-order valence-electron chi connectivity index (χ0n) is 23.8. The summed E-state index contributed by atoms with van der Waals surface area (Å²) >= 11 is 8.76. The van der Waals surface area contributed by atoms with E-state index >= 15 is 0 Å². The van der Waals surface area contributed by atoms with Crippen molar-refractivity contribution in [3.05, 3.63) is 113 Å². The van der Waals surface area contributed by atoms with Crippen molar-refractivity contribution in [2.75, 3.05) is 4.90 Å². The summed E-state index contributed by atoms with van der Waals surface area (Å²) < 4.78 is 6.36. The van der Waals surface area contributed by atoms with E-state index < -0.39 is 22.7 Å². The van der Waals surface area contributed by atoms with Gasteiger partial charge in [0, 0.05) is 38.8 Å². The lowest BCUT2D eigenvalue weighted by Gasteiger charge is -2.43. The summed E-state index contributed by atoms with van der Waals surface area (Å²) in [6, 6.07) is 19.3. The largest absolute Gasteiger partial charge is 0.489 e. The molecule has 2 aliphatic heterocycles. The van der Waals surface area contributed by atoms with Crippen LogP contribution in [-0.4, -0.2) is 27.0 Å². The van der Waals surface area contributed by atoms with Crippen LogP contribution in [0, 0.1) is 46.6 Å². The number of rotatable bonds is 6. The van der Waals surface area contributed by atoms with Gasteiger partial charge in [-0.25, -0.2) is 0 Å². The highest BCUT2D eigenvalue weighted by molar-refractivity contribution is 8.00. The van der Waals surface area contributed by atoms with E-state index in [2.05, 4.69) is 4.98 Å². The summed E-state index contributed by atoms with van der Waals surface area (Å²) in [6.07, 6.45) is 0.702. The lowest BCUT2D eigenvalue weighted by Crippen LogP contribution is -2.42. The second kappa shape index (κ2) is 10.6. The van der Waals surface area contributed by atoms with E-state index in [0.717, 1.165) is 32.4 Å². The third-order valence-corrected chi connectivity index (χ3v) is 12.7. The van der Waals surface area contributed by atoms with E-state index in [0.29, 0.717) is 28.4 Å². The van der Waals surface area contributed by atoms with Gasteiger partial charge in [-0.1, -0.05) is 52.8 Å². The topological polar surface area (TPSA) is 123 Å². The molecule has 4 aromatic rings. The number of aromatic nitrogens is 1. The molecule has 1 aromatic heterocycles. The number of carbonyl (C=O) groups is 2. The number of fused-ring (bicyclic) bond motifs is 9. The molecule has 8 rings (SSSR count). The molecular weight excluding hydrogens is 634 g/mol. The number of hydrogen-bond donors (Lipinski definition) is 1. The molecule has 3 heterocycles. The van der Waals surface area contributed by atoms with Crippen molar-refractivity contribution < 1.29 is 19.2 Å². The first-order chi connectivity index (χ1) is 21.7. The van der Waals surface area contributed by atoms with E-state index in [1.807, 2.05) is 31.2 Å². The van der Waals surface area contributed by atoms with E-state index in [1.165, 1.54) is 11.0 Å². The van der Waals surface area contributed by atoms with E-state index in [9.17, 15) is 24.5 Å². The molecule has 12 heteroatoms. The van der Waals surface area contributed by atoms with Crippen LogP contribution >= 0.6 is 34.7 Å². The fraction of sp³-hybridized carbons (Fsp3) is 0.303. The number of imide groups is 1. The Morgan fingerprint density at radius 1 is 1.00 bits per heavy atom. The normalized spacial score (nSPS) is 27.8. The lowest BCUT2D eigenvalue weighted by atomic mass is 9.68. The maximum Gasteiger partial charge on any atom is 0.305 e. The molecule has 45 heavy (non-hydrogen) atoms. The summed E-state index contributed by atoms with van der Waals surface area (Å²) in [4.78, 5) is 57.1. The van der Waals surface area contributed by atoms with Crippen LogP contribution in [-0.2, 0) is 16.2 Å². The number of nitrogens with zero attached hydrogens (tertiary/aromatic N) is 2. The van der Waals surface area contributed by atoms with Crippen molar-refractivity contribution in [3.8, 4) is 5.75 Å². The molecule has 2 aliphatic carbocycles. The van der Waals surface area contributed by atoms with E-state index in [4.69, 9.17) is 16.3 Å². The van der Waals surface area contributed by atoms with Gasteiger partial charge >= 0.3 is 4.87 Å². The van der Waals surface area contributed by atoms with Crippen LogP contribution in [0.25, 0.3) is 0 Å². The Morgan fingerprint density at radius 3 is 2.42 bits per heavy atom. The number of carbonyl (C=O) groups excluding carboxylic acids is 2. The molecule has 0 spiro atoms. The monoisotopic (exact) mass is 659 g/mol. The molecule has 1 saturated heterocycles. The number of nitrogens with one attached hydrogen (secondary N) is 1. The maximum absolute atomic E-state index is 14.0. The predicted octanol–water partition coefficient (Wildman–Crippen LogP) is 6.56. The number of thiazole rings is 1. The van der Waals surface area contributed by atoms with E-state index in [-0.39, 0.29) is 52.0 Å². The van der Waals surface area contributed by atoms with Gasteiger partial charge in [-0.05, 0) is 67.0 Å². The predicted molar refractivity (Wildman–Crippen MR) is 171 cm³/mol. The Hall–Kier alpha value is -3.93. The standard InChI is InChI=1S/C33H26ClN3O6S2/c1-15-2-4-16(5-3-15)14-43-23-11-10-19(37(41)42)12-20(23)24-25-21-13-22(28(25)44-30-29(24)45-33(40)35-30)27-26(21)31(38)36(32(27)39)18-8-6-17(34)7-9-18/h2-12,21-22,24-28H,13-14H2,1H3,(H,35,40)/t21-,22-,24?,25?,26?,27?,28?/m1/s1. The highest BCUT2D eigenvalue weighted by atomic mass is 35.5. The summed E-state index contributed by atoms with van der Waals surface area (Å²) in [5.74, 6) is -1.67. The zero-order valence-corrected chi connectivity index (χ0v) is 26.2. The third kappa shape index (κ3) is 4.46. The first-order valence-corrected chi connectivity index (χ1v) is 16.8. The first kappa shape index (κ1) is 28.5. The van der Waals surface area contributed by atoms with Gasteiger partial charge in [-0.2, -0.15) is 0 Å². The molecule has 4 aliphatic rings. The third-order valence-electron chi connectivity index (χ3n) is 9.86. The van der Waals surface area contributed by atoms with Gasteiger partial charge in [-0.3, -0.25) is 29.4 Å². The molecule has 7 atom stereocenters. The van der Waals surface area contributed by atoms with Gasteiger partial charge in [0.05, 0.1) is 27.5 Å². The Kier molecular flexibility index (Phi) is 6.70. The molecule has 228 valence electrons. The van der Waals surface area contributed by atoms with Crippen LogP contribution in [0.2, 0.25) is 5.02 Å². The number of thioether (sulfide) groups is 1. The number of halogens is 1. The number of nitro benzene ring substituents is 1. The number of nitro groups is 1. The number of amides is 2. The van der Waals surface area contributed by atoms with Crippen molar-refractivity contribution in [3.63, 3.8) is 0 Å². The Labute approximate surface area is 270 Å². The molecule has 3 aromatic carbocycles. The summed E-state index contributed by atoms with van der Waals surface area (Å²) in [5.41, 5.74) is 3.13. The number of H-pyrrole nitrogens is 1. The van der Waals surface area contributed by atoms with Crippen molar-refractivity contribution in [2.24, 2.45) is 29.6 Å². The quantitative estimate of drug-likeness (QED) is 0.141. The van der Waals surface area contributed by atoms with Crippen LogP contribution in [0.4, 0.5) is 11.4 Å². The number of anilines is 1. The SMILES string of the molecule is Cc1ccc(COc2ccc([N+](=O)[O-])cc2C2c3sc(=O)[nH]c3SC3C2[C@H]2C[C@@H]3C3C(=O)N(c4ccc(Cl)cc4)C(=O)C32)cc1. The van der Waals surface area contributed by atoms with Crippen LogP contribution in [0.15, 0.2) is 76.6 Å². The highest BCUT2D eigenvalue weighted by Gasteiger charge is 2.70. The fourth-order valence-electron chi connectivity index (χ4n) is 8.08. The van der Waals surface area contributed by atoms with Crippen molar-refractivity contribution >= 4 is 57.9 Å². The molecule has 0 radical (unpaired) electrons. The van der Waals surface area contributed by atoms with Gasteiger partial charge in [0.15, 0.2) is 0 Å². The van der Waals surface area contributed by atoms with Crippen molar-refractivity contribution in [1.29, 1.82) is 0 Å². The number of non-ortho nitro benzene ring substituents is 1. The highest BCUT2D eigenvalue weighted by Crippen LogP contribution is 2.69. The van der Waals surface area contributed by atoms with Gasteiger partial charge in [0.2, 0.25) is 11.8 Å². The summed E-state index contributed by atoms with van der Waals surface area (Å²) in [6.45, 7) is 2.27. The molecule has 3 fully saturated rings. The molecule has 2 saturated carbocycles. The first-order valence-electron chi connectivity index (χ1n) is 14.7. The number of benzene rings is 3. The molecule has 2 bridgehead atoms. The second-order valence-electron chi connectivity index (χ2n) is 12.2. The molecule has 9 nitrogen and oxygen atoms in total. The van der Waals surface area contributed by atoms with Crippen LogP contribution in [0.3, 0.4) is 0 Å². The summed E-state index contributed by atoms with van der Waals surface area (Å²) in [5, 5.41) is 13.2. The van der Waals surface area contributed by atoms with Crippen molar-refractivity contribution in [2.45, 2.75) is 36.1 Å². The van der Waals surface area contributed by atoms with Crippen LogP contribution in [0.1, 0.15) is 33.9 Å². The lowest BCUT2D eigenvalue weighted by molar-refractivity contribution is -0.385. The van der Waals surface area contributed by atoms with E-state index in [1.54, 1.807) is 48.2 Å². The minimum Gasteiger partial charge on any atom is -0.489 e. The van der Waals surface area contributed by atoms with Gasteiger partial charge in [0.1, 0.15) is 12.4 Å². The Bertz CT molecular complexity index is 1940. The van der Waals surface area contributed by atoms with Gasteiger partial charge in [-0.15, -0.1) is 11.8 Å². The van der Waals surface area contributed by atoms with Gasteiger partial charge in [0.25, 0.3) is 5.69 Å². The van der Waals surface area contributed by atoms with Crippen LogP contribution in [0.5, 0.6) is 5.75 Å². The minimum absolute atomic E-state index is 0.0647. The number of aromatic amines is 1. The zero-order chi connectivity index (χ0) is 31.1. The maximum atomic E-state index is 14.0. The average molecular weight is 660 g/mol. The smallest absolute Gasteiger partial charge is 0.305 e. The fourth-order valence-corrected chi connectivity index (χ4v) is 11.1. The molecule has 5 unspecified atom stereocenters. The van der Waals surface area contributed by atoms with Gasteiger partial charge < -0.3 is 9.72 Å². The molecule has 2 amide bonds. The van der Waals surface area contributed by atoms with Crippen molar-refractivity contribution in [1.82, 2.24) is 4.98 Å².